The van der Waals surface area contributed by atoms with Crippen molar-refractivity contribution in [2.24, 2.45) is 0 Å². The third-order valence-electron chi connectivity index (χ3n) is 2.29. The van der Waals surface area contributed by atoms with Gasteiger partial charge in [0.25, 0.3) is 0 Å². The van der Waals surface area contributed by atoms with Crippen molar-refractivity contribution in [2.45, 2.75) is 26.3 Å². The Morgan fingerprint density at radius 3 is 2.78 bits per heavy atom. The van der Waals surface area contributed by atoms with Crippen molar-refractivity contribution < 1.29 is 19.4 Å². The molecule has 1 rings (SSSR count). The molecule has 2 N–H and O–H groups in total. The summed E-state index contributed by atoms with van der Waals surface area (Å²) in [5.74, 6) is -0.637. The highest BCUT2D eigenvalue weighted by Crippen LogP contribution is 2.11. The fraction of sp³-hybridized carbons (Fsp3) is 0.385. The van der Waals surface area contributed by atoms with Crippen LogP contribution in [0.25, 0.3) is 0 Å². The van der Waals surface area contributed by atoms with E-state index in [1.54, 1.807) is 26.0 Å². The van der Waals surface area contributed by atoms with Crippen LogP contribution in [-0.4, -0.2) is 29.6 Å². The first-order valence-electron chi connectivity index (χ1n) is 5.76. The summed E-state index contributed by atoms with van der Waals surface area (Å²) < 4.78 is 4.78. The molecule has 1 unspecified atom stereocenters. The molecule has 0 saturated heterocycles. The minimum Gasteiger partial charge on any atom is -0.508 e. The smallest absolute Gasteiger partial charge is 0.328 e. The number of hydrogen-bond donors (Lipinski definition) is 2. The lowest BCUT2D eigenvalue weighted by molar-refractivity contribution is -0.146. The van der Waals surface area contributed by atoms with Gasteiger partial charge in [0.05, 0.1) is 13.0 Å². The maximum atomic E-state index is 11.6. The number of benzene rings is 1. The fourth-order valence-electron chi connectivity index (χ4n) is 1.47. The molecular formula is C13H17NO4. The Bertz CT molecular complexity index is 431. The Morgan fingerprint density at radius 1 is 1.44 bits per heavy atom. The minimum absolute atomic E-state index is 0.109. The van der Waals surface area contributed by atoms with Crippen LogP contribution < -0.4 is 5.32 Å². The highest BCUT2D eigenvalue weighted by molar-refractivity contribution is 5.85. The second-order valence-corrected chi connectivity index (χ2v) is 3.89. The predicted molar refractivity (Wildman–Crippen MR) is 66.0 cm³/mol. The molecule has 5 heteroatoms. The summed E-state index contributed by atoms with van der Waals surface area (Å²) in [5.41, 5.74) is 0.684. The SMILES string of the molecule is CCOC(=O)C(C)NC(=O)Cc1cccc(O)c1. The van der Waals surface area contributed by atoms with Gasteiger partial charge in [-0.1, -0.05) is 12.1 Å². The molecule has 5 nitrogen and oxygen atoms in total. The zero-order chi connectivity index (χ0) is 13.5. The minimum atomic E-state index is -0.672. The zero-order valence-electron chi connectivity index (χ0n) is 10.5. The van der Waals surface area contributed by atoms with Gasteiger partial charge in [-0.25, -0.2) is 4.79 Å². The normalized spacial score (nSPS) is 11.7. The molecular weight excluding hydrogens is 234 g/mol. The summed E-state index contributed by atoms with van der Waals surface area (Å²) >= 11 is 0. The van der Waals surface area contributed by atoms with Gasteiger partial charge in [0.15, 0.2) is 0 Å². The van der Waals surface area contributed by atoms with Gasteiger partial charge in [0.1, 0.15) is 11.8 Å². The van der Waals surface area contributed by atoms with Gasteiger partial charge in [-0.2, -0.15) is 0 Å². The van der Waals surface area contributed by atoms with Gasteiger partial charge >= 0.3 is 5.97 Å². The van der Waals surface area contributed by atoms with Crippen molar-refractivity contribution in [3.63, 3.8) is 0 Å². The largest absolute Gasteiger partial charge is 0.508 e. The molecule has 0 aliphatic carbocycles. The number of hydrogen-bond acceptors (Lipinski definition) is 4. The molecule has 0 saturated carbocycles. The number of phenols is 1. The summed E-state index contributed by atoms with van der Waals surface area (Å²) in [6.45, 7) is 3.56. The molecule has 98 valence electrons. The molecule has 1 aromatic rings. The number of ether oxygens (including phenoxy) is 1. The summed E-state index contributed by atoms with van der Waals surface area (Å²) in [5, 5.41) is 11.8. The van der Waals surface area contributed by atoms with Gasteiger partial charge in [0.2, 0.25) is 5.91 Å². The van der Waals surface area contributed by atoms with E-state index in [-0.39, 0.29) is 24.7 Å². The monoisotopic (exact) mass is 251 g/mol. The number of amides is 1. The maximum Gasteiger partial charge on any atom is 0.328 e. The van der Waals surface area contributed by atoms with E-state index in [1.165, 1.54) is 12.1 Å². The van der Waals surface area contributed by atoms with Crippen LogP contribution in [0, 0.1) is 0 Å². The van der Waals surface area contributed by atoms with Crippen molar-refractivity contribution >= 4 is 11.9 Å². The van der Waals surface area contributed by atoms with Gasteiger partial charge in [0, 0.05) is 0 Å². The lowest BCUT2D eigenvalue weighted by Crippen LogP contribution is -2.40. The highest BCUT2D eigenvalue weighted by atomic mass is 16.5. The molecule has 0 aliphatic rings. The number of nitrogens with one attached hydrogen (secondary N) is 1. The predicted octanol–water partition coefficient (Wildman–Crippen LogP) is 1.00. The van der Waals surface area contributed by atoms with E-state index in [0.29, 0.717) is 5.56 Å². The standard InChI is InChI=1S/C13H17NO4/c1-3-18-13(17)9(2)14-12(16)8-10-5-4-6-11(15)7-10/h4-7,9,15H,3,8H2,1-2H3,(H,14,16). The number of aromatic hydroxyl groups is 1. The van der Waals surface area contributed by atoms with Gasteiger partial charge in [-0.05, 0) is 31.5 Å². The Balaban J connectivity index is 2.49. The second kappa shape index (κ2) is 6.64. The molecule has 0 heterocycles. The Labute approximate surface area is 106 Å². The molecule has 0 fully saturated rings. The van der Waals surface area contributed by atoms with E-state index in [2.05, 4.69) is 5.32 Å². The van der Waals surface area contributed by atoms with Crippen molar-refractivity contribution in [1.82, 2.24) is 5.32 Å². The van der Waals surface area contributed by atoms with Gasteiger partial charge in [-0.3, -0.25) is 4.79 Å². The number of phenolic OH excluding ortho intramolecular Hbond substituents is 1. The van der Waals surface area contributed by atoms with E-state index in [4.69, 9.17) is 4.74 Å². The molecule has 18 heavy (non-hydrogen) atoms. The Morgan fingerprint density at radius 2 is 2.17 bits per heavy atom. The van der Waals surface area contributed by atoms with Gasteiger partial charge < -0.3 is 15.2 Å². The van der Waals surface area contributed by atoms with Crippen molar-refractivity contribution in [3.05, 3.63) is 29.8 Å². The van der Waals surface area contributed by atoms with Crippen LogP contribution in [0.1, 0.15) is 19.4 Å². The van der Waals surface area contributed by atoms with Crippen LogP contribution in [0.3, 0.4) is 0 Å². The van der Waals surface area contributed by atoms with E-state index in [9.17, 15) is 14.7 Å². The van der Waals surface area contributed by atoms with Crippen LogP contribution in [0.4, 0.5) is 0 Å². The van der Waals surface area contributed by atoms with Crippen molar-refractivity contribution in [2.75, 3.05) is 6.61 Å². The lowest BCUT2D eigenvalue weighted by Gasteiger charge is -2.12. The van der Waals surface area contributed by atoms with E-state index in [0.717, 1.165) is 0 Å². The maximum absolute atomic E-state index is 11.6. The summed E-state index contributed by atoms with van der Waals surface area (Å²) in [4.78, 5) is 23.0. The highest BCUT2D eigenvalue weighted by Gasteiger charge is 2.16. The lowest BCUT2D eigenvalue weighted by atomic mass is 10.1. The average molecular weight is 251 g/mol. The van der Waals surface area contributed by atoms with Crippen LogP contribution in [0.15, 0.2) is 24.3 Å². The summed E-state index contributed by atoms with van der Waals surface area (Å²) in [6, 6.07) is 5.76. The molecule has 0 spiro atoms. The van der Waals surface area contributed by atoms with Crippen molar-refractivity contribution in [1.29, 1.82) is 0 Å². The second-order valence-electron chi connectivity index (χ2n) is 3.89. The molecule has 0 bridgehead atoms. The van der Waals surface area contributed by atoms with Crippen LogP contribution in [-0.2, 0) is 20.7 Å². The van der Waals surface area contributed by atoms with Crippen molar-refractivity contribution in [3.8, 4) is 5.75 Å². The number of esters is 1. The average Bonchev–Trinajstić information content (AvgIpc) is 2.28. The van der Waals surface area contributed by atoms with Crippen LogP contribution in [0.2, 0.25) is 0 Å². The molecule has 1 aromatic carbocycles. The first kappa shape index (κ1) is 14.0. The van der Waals surface area contributed by atoms with Crippen LogP contribution in [0.5, 0.6) is 5.75 Å². The summed E-state index contributed by atoms with van der Waals surface area (Å²) in [6.07, 6.45) is 0.109. The molecule has 0 radical (unpaired) electrons. The fourth-order valence-corrected chi connectivity index (χ4v) is 1.47. The Hall–Kier alpha value is -2.04. The van der Waals surface area contributed by atoms with Crippen LogP contribution >= 0.6 is 0 Å². The molecule has 0 aliphatic heterocycles. The topological polar surface area (TPSA) is 75.6 Å². The quantitative estimate of drug-likeness (QED) is 0.766. The third kappa shape index (κ3) is 4.45. The number of carbonyl (C=O) groups excluding carboxylic acids is 2. The molecule has 0 aromatic heterocycles. The van der Waals surface area contributed by atoms with E-state index in [1.807, 2.05) is 0 Å². The molecule has 1 amide bonds. The van der Waals surface area contributed by atoms with E-state index < -0.39 is 12.0 Å². The van der Waals surface area contributed by atoms with Gasteiger partial charge in [-0.15, -0.1) is 0 Å². The first-order valence-corrected chi connectivity index (χ1v) is 5.76. The summed E-state index contributed by atoms with van der Waals surface area (Å²) in [7, 11) is 0. The Kier molecular flexibility index (Phi) is 5.17. The number of rotatable bonds is 5. The molecule has 1 atom stereocenters. The van der Waals surface area contributed by atoms with E-state index >= 15 is 0 Å². The first-order chi connectivity index (χ1) is 8.52. The zero-order valence-corrected chi connectivity index (χ0v) is 10.5. The third-order valence-corrected chi connectivity index (χ3v) is 2.29. The number of carbonyl (C=O) groups is 2.